The Morgan fingerprint density at radius 2 is 2.20 bits per heavy atom. The Bertz CT molecular complexity index is 453. The minimum Gasteiger partial charge on any atom is -0.488 e. The van der Waals surface area contributed by atoms with E-state index in [1.807, 2.05) is 31.2 Å². The number of nitrogens with zero attached hydrogens (tertiary/aromatic N) is 1. The zero-order chi connectivity index (χ0) is 10.7. The zero-order valence-electron chi connectivity index (χ0n) is 8.43. The summed E-state index contributed by atoms with van der Waals surface area (Å²) in [5.74, 6) is 0.907. The van der Waals surface area contributed by atoms with Crippen LogP contribution in [0.3, 0.4) is 0 Å². The van der Waals surface area contributed by atoms with Crippen LogP contribution < -0.4 is 10.5 Å². The third-order valence-corrected chi connectivity index (χ3v) is 2.83. The Labute approximate surface area is 92.5 Å². The number of aromatic nitrogens is 1. The summed E-state index contributed by atoms with van der Waals surface area (Å²) in [5, 5.41) is 0.582. The van der Waals surface area contributed by atoms with Crippen LogP contribution in [0.15, 0.2) is 30.5 Å². The highest BCUT2D eigenvalue weighted by atomic mass is 32.1. The first-order valence-corrected chi connectivity index (χ1v) is 5.46. The number of hydrogen-bond donors (Lipinski definition) is 1. The number of anilines is 1. The molecule has 0 saturated carbocycles. The first-order valence-electron chi connectivity index (χ1n) is 4.64. The molecule has 0 atom stereocenters. The van der Waals surface area contributed by atoms with Crippen molar-refractivity contribution in [3.8, 4) is 5.75 Å². The molecule has 0 saturated heterocycles. The number of ether oxygens (including phenoxy) is 1. The van der Waals surface area contributed by atoms with Crippen molar-refractivity contribution < 1.29 is 4.74 Å². The molecular formula is C11H12N2OS. The van der Waals surface area contributed by atoms with Gasteiger partial charge in [-0.25, -0.2) is 4.98 Å². The molecule has 2 rings (SSSR count). The molecule has 0 aliphatic heterocycles. The molecule has 78 valence electrons. The summed E-state index contributed by atoms with van der Waals surface area (Å²) in [5.41, 5.74) is 6.66. The van der Waals surface area contributed by atoms with Gasteiger partial charge in [-0.2, -0.15) is 0 Å². The Morgan fingerprint density at radius 1 is 1.40 bits per heavy atom. The summed E-state index contributed by atoms with van der Waals surface area (Å²) >= 11 is 1.45. The van der Waals surface area contributed by atoms with Crippen molar-refractivity contribution in [2.45, 2.75) is 13.5 Å². The number of benzene rings is 1. The largest absolute Gasteiger partial charge is 0.488 e. The van der Waals surface area contributed by atoms with Crippen molar-refractivity contribution >= 4 is 16.5 Å². The molecule has 0 aliphatic carbocycles. The molecule has 2 aromatic rings. The summed E-state index contributed by atoms with van der Waals surface area (Å²) in [6.45, 7) is 2.55. The van der Waals surface area contributed by atoms with Crippen LogP contribution in [0.1, 0.15) is 10.4 Å². The van der Waals surface area contributed by atoms with Crippen molar-refractivity contribution in [1.82, 2.24) is 4.98 Å². The average molecular weight is 220 g/mol. The first-order chi connectivity index (χ1) is 7.25. The molecule has 1 heterocycles. The Morgan fingerprint density at radius 3 is 2.87 bits per heavy atom. The van der Waals surface area contributed by atoms with E-state index in [1.54, 1.807) is 6.20 Å². The third kappa shape index (κ3) is 2.47. The van der Waals surface area contributed by atoms with Gasteiger partial charge in [-0.3, -0.25) is 0 Å². The highest BCUT2D eigenvalue weighted by Crippen LogP contribution is 2.20. The summed E-state index contributed by atoms with van der Waals surface area (Å²) < 4.78 is 5.65. The summed E-state index contributed by atoms with van der Waals surface area (Å²) in [4.78, 5) is 5.01. The highest BCUT2D eigenvalue weighted by Gasteiger charge is 2.01. The van der Waals surface area contributed by atoms with E-state index in [2.05, 4.69) is 4.98 Å². The van der Waals surface area contributed by atoms with Crippen LogP contribution in [0.2, 0.25) is 0 Å². The molecule has 3 nitrogen and oxygen atoms in total. The molecule has 0 aliphatic rings. The van der Waals surface area contributed by atoms with E-state index in [4.69, 9.17) is 10.5 Å². The van der Waals surface area contributed by atoms with Crippen molar-refractivity contribution in [3.63, 3.8) is 0 Å². The monoisotopic (exact) mass is 220 g/mol. The molecule has 4 heteroatoms. The zero-order valence-corrected chi connectivity index (χ0v) is 9.25. The number of thiazole rings is 1. The molecule has 0 bridgehead atoms. The number of nitrogens with two attached hydrogens (primary N) is 1. The minimum atomic E-state index is 0.528. The Hall–Kier alpha value is -1.55. The number of nitrogen functional groups attached to an aromatic ring is 1. The van der Waals surface area contributed by atoms with Crippen molar-refractivity contribution in [1.29, 1.82) is 0 Å². The maximum absolute atomic E-state index is 5.65. The topological polar surface area (TPSA) is 48.1 Å². The predicted octanol–water partition coefficient (Wildman–Crippen LogP) is 2.61. The lowest BCUT2D eigenvalue weighted by Gasteiger charge is -2.06. The molecule has 1 aromatic heterocycles. The second-order valence-electron chi connectivity index (χ2n) is 3.22. The van der Waals surface area contributed by atoms with Crippen LogP contribution in [0, 0.1) is 6.92 Å². The summed E-state index contributed by atoms with van der Waals surface area (Å²) in [7, 11) is 0. The van der Waals surface area contributed by atoms with E-state index in [0.717, 1.165) is 16.2 Å². The van der Waals surface area contributed by atoms with Crippen LogP contribution in [-0.2, 0) is 6.61 Å². The number of rotatable bonds is 3. The number of hydrogen-bond acceptors (Lipinski definition) is 4. The molecule has 1 aromatic carbocycles. The van der Waals surface area contributed by atoms with E-state index >= 15 is 0 Å². The fourth-order valence-electron chi connectivity index (χ4n) is 1.26. The SMILES string of the molecule is Cc1ccccc1OCc1cnc(N)s1. The van der Waals surface area contributed by atoms with Gasteiger partial charge in [0.15, 0.2) is 5.13 Å². The molecule has 15 heavy (non-hydrogen) atoms. The van der Waals surface area contributed by atoms with Crippen LogP contribution in [0.25, 0.3) is 0 Å². The van der Waals surface area contributed by atoms with Crippen molar-refractivity contribution in [2.75, 3.05) is 5.73 Å². The predicted molar refractivity (Wildman–Crippen MR) is 62.0 cm³/mol. The molecule has 0 unspecified atom stereocenters. The maximum atomic E-state index is 5.65. The maximum Gasteiger partial charge on any atom is 0.180 e. The Kier molecular flexibility index (Phi) is 2.87. The lowest BCUT2D eigenvalue weighted by atomic mass is 10.2. The molecule has 0 spiro atoms. The van der Waals surface area contributed by atoms with E-state index in [1.165, 1.54) is 11.3 Å². The van der Waals surface area contributed by atoms with Gasteiger partial charge >= 0.3 is 0 Å². The lowest BCUT2D eigenvalue weighted by Crippen LogP contribution is -1.94. The number of para-hydroxylation sites is 1. The fourth-order valence-corrected chi connectivity index (χ4v) is 1.85. The third-order valence-electron chi connectivity index (χ3n) is 2.03. The van der Waals surface area contributed by atoms with Crippen LogP contribution in [0.5, 0.6) is 5.75 Å². The van der Waals surface area contributed by atoms with Gasteiger partial charge in [0.25, 0.3) is 0 Å². The van der Waals surface area contributed by atoms with Gasteiger partial charge in [-0.15, -0.1) is 0 Å². The average Bonchev–Trinajstić information content (AvgIpc) is 2.63. The van der Waals surface area contributed by atoms with E-state index in [0.29, 0.717) is 11.7 Å². The highest BCUT2D eigenvalue weighted by molar-refractivity contribution is 7.15. The van der Waals surface area contributed by atoms with Crippen molar-refractivity contribution in [3.05, 3.63) is 40.9 Å². The minimum absolute atomic E-state index is 0.528. The van der Waals surface area contributed by atoms with E-state index in [-0.39, 0.29) is 0 Å². The van der Waals surface area contributed by atoms with Gasteiger partial charge in [0.1, 0.15) is 12.4 Å². The molecule has 0 amide bonds. The van der Waals surface area contributed by atoms with Crippen molar-refractivity contribution in [2.24, 2.45) is 0 Å². The molecule has 0 fully saturated rings. The normalized spacial score (nSPS) is 10.2. The molecule has 2 N–H and O–H groups in total. The van der Waals surface area contributed by atoms with Gasteiger partial charge in [-0.05, 0) is 18.6 Å². The fraction of sp³-hybridized carbons (Fsp3) is 0.182. The van der Waals surface area contributed by atoms with E-state index in [9.17, 15) is 0 Å². The second kappa shape index (κ2) is 4.31. The summed E-state index contributed by atoms with van der Waals surface area (Å²) in [6.07, 6.45) is 1.75. The quantitative estimate of drug-likeness (QED) is 0.865. The van der Waals surface area contributed by atoms with Gasteiger partial charge in [0.2, 0.25) is 0 Å². The number of aryl methyl sites for hydroxylation is 1. The van der Waals surface area contributed by atoms with Crippen LogP contribution in [-0.4, -0.2) is 4.98 Å². The van der Waals surface area contributed by atoms with Crippen LogP contribution >= 0.6 is 11.3 Å². The van der Waals surface area contributed by atoms with Gasteiger partial charge < -0.3 is 10.5 Å². The molecule has 0 radical (unpaired) electrons. The first kappa shape index (κ1) is 9.98. The van der Waals surface area contributed by atoms with Gasteiger partial charge in [0, 0.05) is 6.20 Å². The smallest absolute Gasteiger partial charge is 0.180 e. The van der Waals surface area contributed by atoms with Crippen LogP contribution in [0.4, 0.5) is 5.13 Å². The lowest BCUT2D eigenvalue weighted by molar-refractivity contribution is 0.307. The van der Waals surface area contributed by atoms with E-state index < -0.39 is 0 Å². The summed E-state index contributed by atoms with van der Waals surface area (Å²) in [6, 6.07) is 7.94. The Balaban J connectivity index is 2.02. The standard InChI is InChI=1S/C11H12N2OS/c1-8-4-2-3-5-10(8)14-7-9-6-13-11(12)15-9/h2-6H,7H2,1H3,(H2,12,13). The van der Waals surface area contributed by atoms with Gasteiger partial charge in [-0.1, -0.05) is 29.5 Å². The molecular weight excluding hydrogens is 208 g/mol. The second-order valence-corrected chi connectivity index (χ2v) is 4.37. The van der Waals surface area contributed by atoms with Gasteiger partial charge in [0.05, 0.1) is 4.88 Å².